The van der Waals surface area contributed by atoms with E-state index < -0.39 is 0 Å². The number of aromatic nitrogens is 4. The van der Waals surface area contributed by atoms with Gasteiger partial charge in [-0.1, -0.05) is 0 Å². The SMILES string of the molecule is Cc1cc2nnc(C(N)C3CC3)n2c(C)n1. The topological polar surface area (TPSA) is 69.1 Å². The zero-order valence-corrected chi connectivity index (χ0v) is 9.51. The summed E-state index contributed by atoms with van der Waals surface area (Å²) in [6.45, 7) is 3.93. The molecule has 1 atom stereocenters. The summed E-state index contributed by atoms with van der Waals surface area (Å²) < 4.78 is 1.97. The molecule has 16 heavy (non-hydrogen) atoms. The van der Waals surface area contributed by atoms with Gasteiger partial charge in [-0.15, -0.1) is 10.2 Å². The van der Waals surface area contributed by atoms with Crippen molar-refractivity contribution in [1.82, 2.24) is 19.6 Å². The van der Waals surface area contributed by atoms with Gasteiger partial charge in [0.25, 0.3) is 0 Å². The van der Waals surface area contributed by atoms with Gasteiger partial charge in [0.05, 0.1) is 6.04 Å². The molecule has 1 aliphatic rings. The highest BCUT2D eigenvalue weighted by Gasteiger charge is 2.32. The molecule has 1 unspecified atom stereocenters. The van der Waals surface area contributed by atoms with Crippen LogP contribution in [0.5, 0.6) is 0 Å². The second kappa shape index (κ2) is 3.25. The monoisotopic (exact) mass is 217 g/mol. The molecule has 2 N–H and O–H groups in total. The quantitative estimate of drug-likeness (QED) is 0.819. The summed E-state index contributed by atoms with van der Waals surface area (Å²) in [6.07, 6.45) is 2.41. The Balaban J connectivity index is 2.18. The summed E-state index contributed by atoms with van der Waals surface area (Å²) in [5.41, 5.74) is 7.97. The Labute approximate surface area is 93.7 Å². The first-order valence-electron chi connectivity index (χ1n) is 5.61. The molecule has 2 aromatic heterocycles. The third-order valence-corrected chi connectivity index (χ3v) is 3.14. The summed E-state index contributed by atoms with van der Waals surface area (Å²) in [4.78, 5) is 4.42. The van der Waals surface area contributed by atoms with E-state index in [0.717, 1.165) is 23.0 Å². The molecule has 0 aromatic carbocycles. The van der Waals surface area contributed by atoms with Crippen molar-refractivity contribution in [2.75, 3.05) is 0 Å². The standard InChI is InChI=1S/C11H15N5/c1-6-5-9-14-15-11(10(12)8-3-4-8)16(9)7(2)13-6/h5,8,10H,3-4,12H2,1-2H3. The maximum absolute atomic E-state index is 6.17. The first-order chi connectivity index (χ1) is 7.66. The molecule has 2 aromatic rings. The minimum absolute atomic E-state index is 0.00166. The van der Waals surface area contributed by atoms with Gasteiger partial charge in [-0.25, -0.2) is 4.98 Å². The van der Waals surface area contributed by atoms with Crippen molar-refractivity contribution in [3.05, 3.63) is 23.4 Å². The highest BCUT2D eigenvalue weighted by molar-refractivity contribution is 5.40. The van der Waals surface area contributed by atoms with Crippen molar-refractivity contribution in [2.24, 2.45) is 11.7 Å². The lowest BCUT2D eigenvalue weighted by atomic mass is 10.2. The fourth-order valence-electron chi connectivity index (χ4n) is 2.14. The summed E-state index contributed by atoms with van der Waals surface area (Å²) in [7, 11) is 0. The largest absolute Gasteiger partial charge is 0.321 e. The van der Waals surface area contributed by atoms with E-state index in [1.54, 1.807) is 0 Å². The first-order valence-corrected chi connectivity index (χ1v) is 5.61. The smallest absolute Gasteiger partial charge is 0.164 e. The summed E-state index contributed by atoms with van der Waals surface area (Å²) in [6, 6.07) is 1.93. The number of fused-ring (bicyclic) bond motifs is 1. The van der Waals surface area contributed by atoms with Gasteiger partial charge in [0.2, 0.25) is 0 Å². The summed E-state index contributed by atoms with van der Waals surface area (Å²) in [5.74, 6) is 2.33. The lowest BCUT2D eigenvalue weighted by Gasteiger charge is -2.09. The van der Waals surface area contributed by atoms with Crippen molar-refractivity contribution in [3.8, 4) is 0 Å². The Bertz CT molecular complexity index is 541. The molecule has 1 aliphatic carbocycles. The van der Waals surface area contributed by atoms with Crippen molar-refractivity contribution >= 4 is 5.65 Å². The van der Waals surface area contributed by atoms with E-state index in [1.807, 2.05) is 24.3 Å². The second-order valence-corrected chi connectivity index (χ2v) is 4.56. The lowest BCUT2D eigenvalue weighted by molar-refractivity contribution is 0.582. The molecule has 0 amide bonds. The second-order valence-electron chi connectivity index (χ2n) is 4.56. The average molecular weight is 217 g/mol. The lowest BCUT2D eigenvalue weighted by Crippen LogP contribution is -2.17. The summed E-state index contributed by atoms with van der Waals surface area (Å²) in [5, 5.41) is 8.37. The van der Waals surface area contributed by atoms with Crippen LogP contribution >= 0.6 is 0 Å². The maximum Gasteiger partial charge on any atom is 0.164 e. The minimum atomic E-state index is -0.00166. The van der Waals surface area contributed by atoms with E-state index in [4.69, 9.17) is 5.73 Å². The van der Waals surface area contributed by atoms with E-state index >= 15 is 0 Å². The molecule has 5 nitrogen and oxygen atoms in total. The van der Waals surface area contributed by atoms with Crippen LogP contribution in [-0.4, -0.2) is 19.6 Å². The molecular weight excluding hydrogens is 202 g/mol. The van der Waals surface area contributed by atoms with Crippen LogP contribution in [0.4, 0.5) is 0 Å². The molecule has 2 heterocycles. The third-order valence-electron chi connectivity index (χ3n) is 3.14. The number of nitrogens with zero attached hydrogens (tertiary/aromatic N) is 4. The van der Waals surface area contributed by atoms with Crippen molar-refractivity contribution < 1.29 is 0 Å². The van der Waals surface area contributed by atoms with Gasteiger partial charge < -0.3 is 5.73 Å². The molecule has 0 aliphatic heterocycles. The van der Waals surface area contributed by atoms with Crippen molar-refractivity contribution in [3.63, 3.8) is 0 Å². The Kier molecular flexibility index (Phi) is 1.97. The zero-order chi connectivity index (χ0) is 11.3. The van der Waals surface area contributed by atoms with Gasteiger partial charge in [-0.2, -0.15) is 0 Å². The number of hydrogen-bond acceptors (Lipinski definition) is 4. The number of aryl methyl sites for hydroxylation is 2. The molecule has 0 bridgehead atoms. The Morgan fingerprint density at radius 2 is 2.12 bits per heavy atom. The molecule has 5 heteroatoms. The van der Waals surface area contributed by atoms with E-state index in [1.165, 1.54) is 12.8 Å². The van der Waals surface area contributed by atoms with Crippen LogP contribution in [0.2, 0.25) is 0 Å². The van der Waals surface area contributed by atoms with Crippen LogP contribution in [0.15, 0.2) is 6.07 Å². The molecule has 0 radical (unpaired) electrons. The molecule has 0 spiro atoms. The first kappa shape index (κ1) is 9.72. The summed E-state index contributed by atoms with van der Waals surface area (Å²) >= 11 is 0. The molecule has 3 rings (SSSR count). The van der Waals surface area contributed by atoms with Crippen LogP contribution in [0.1, 0.15) is 36.2 Å². The van der Waals surface area contributed by atoms with Gasteiger partial charge in [0.15, 0.2) is 11.5 Å². The van der Waals surface area contributed by atoms with E-state index in [0.29, 0.717) is 5.92 Å². The van der Waals surface area contributed by atoms with Crippen LogP contribution in [0, 0.1) is 19.8 Å². The third kappa shape index (κ3) is 1.39. The molecule has 1 saturated carbocycles. The molecule has 84 valence electrons. The predicted octanol–water partition coefficient (Wildman–Crippen LogP) is 1.15. The van der Waals surface area contributed by atoms with Crippen molar-refractivity contribution in [2.45, 2.75) is 32.7 Å². The maximum atomic E-state index is 6.17. The van der Waals surface area contributed by atoms with Gasteiger partial charge in [-0.05, 0) is 32.6 Å². The van der Waals surface area contributed by atoms with E-state index in [-0.39, 0.29) is 6.04 Å². The molecule has 0 saturated heterocycles. The van der Waals surface area contributed by atoms with E-state index in [2.05, 4.69) is 15.2 Å². The molecule has 1 fully saturated rings. The van der Waals surface area contributed by atoms with Crippen molar-refractivity contribution in [1.29, 1.82) is 0 Å². The average Bonchev–Trinajstić information content (AvgIpc) is 2.98. The van der Waals surface area contributed by atoms with Gasteiger partial charge in [0, 0.05) is 11.8 Å². The van der Waals surface area contributed by atoms with Gasteiger partial charge in [0.1, 0.15) is 5.82 Å². The highest BCUT2D eigenvalue weighted by atomic mass is 15.3. The van der Waals surface area contributed by atoms with Crippen LogP contribution in [0.3, 0.4) is 0 Å². The predicted molar refractivity (Wildman–Crippen MR) is 59.9 cm³/mol. The van der Waals surface area contributed by atoms with Gasteiger partial charge >= 0.3 is 0 Å². The Hall–Kier alpha value is -1.49. The van der Waals surface area contributed by atoms with Crippen LogP contribution in [-0.2, 0) is 0 Å². The Morgan fingerprint density at radius 1 is 1.38 bits per heavy atom. The minimum Gasteiger partial charge on any atom is -0.321 e. The Morgan fingerprint density at radius 3 is 2.81 bits per heavy atom. The number of nitrogens with two attached hydrogens (primary N) is 1. The van der Waals surface area contributed by atoms with Gasteiger partial charge in [-0.3, -0.25) is 4.40 Å². The molecular formula is C11H15N5. The number of rotatable bonds is 2. The fourth-order valence-corrected chi connectivity index (χ4v) is 2.14. The highest BCUT2D eigenvalue weighted by Crippen LogP contribution is 2.38. The van der Waals surface area contributed by atoms with Crippen LogP contribution in [0.25, 0.3) is 5.65 Å². The van der Waals surface area contributed by atoms with Crippen LogP contribution < -0.4 is 5.73 Å². The fraction of sp³-hybridized carbons (Fsp3) is 0.545. The normalized spacial score (nSPS) is 17.9. The number of hydrogen-bond donors (Lipinski definition) is 1. The zero-order valence-electron chi connectivity index (χ0n) is 9.51. The van der Waals surface area contributed by atoms with E-state index in [9.17, 15) is 0 Å².